The molecule has 0 aliphatic heterocycles. The molecule has 4 heteroatoms. The highest BCUT2D eigenvalue weighted by Crippen LogP contribution is 2.75. The molecule has 0 amide bonds. The Morgan fingerprint density at radius 1 is 0.941 bits per heavy atom. The van der Waals surface area contributed by atoms with E-state index in [2.05, 4.69) is 47.6 Å². The largest absolute Gasteiger partial charge is 0.481 e. The topological polar surface area (TPSA) is 74.6 Å². The summed E-state index contributed by atoms with van der Waals surface area (Å²) in [7, 11) is 0. The quantitative estimate of drug-likeness (QED) is 0.474. The summed E-state index contributed by atoms with van der Waals surface area (Å²) in [5.41, 5.74) is -0.124. The molecule has 0 aromatic rings. The Morgan fingerprint density at radius 3 is 2.26 bits per heavy atom. The molecule has 2 N–H and O–H groups in total. The van der Waals surface area contributed by atoms with E-state index in [1.54, 1.807) is 6.92 Å². The predicted octanol–water partition coefficient (Wildman–Crippen LogP) is 6.27. The van der Waals surface area contributed by atoms with Crippen LogP contribution in [0.15, 0.2) is 11.6 Å². The van der Waals surface area contributed by atoms with Crippen LogP contribution in [0.2, 0.25) is 0 Å². The minimum Gasteiger partial charge on any atom is -0.481 e. The number of fused-ring (bicyclic) bond motifs is 7. The van der Waals surface area contributed by atoms with Crippen molar-refractivity contribution in [3.05, 3.63) is 11.6 Å². The van der Waals surface area contributed by atoms with Crippen LogP contribution in [0, 0.1) is 56.7 Å². The summed E-state index contributed by atoms with van der Waals surface area (Å²) in [4.78, 5) is 26.7. The molecule has 0 aromatic heterocycles. The first-order valence-corrected chi connectivity index (χ1v) is 13.8. The number of carbonyl (C=O) groups is 2. The number of carboxylic acid groups (broad SMARTS) is 1. The van der Waals surface area contributed by atoms with Crippen molar-refractivity contribution in [3.63, 3.8) is 0 Å². The van der Waals surface area contributed by atoms with Gasteiger partial charge in [0.2, 0.25) is 0 Å². The number of aliphatic hydroxyl groups is 1. The minimum absolute atomic E-state index is 0.0370. The molecule has 5 aliphatic carbocycles. The van der Waals surface area contributed by atoms with Gasteiger partial charge >= 0.3 is 5.97 Å². The number of allylic oxidation sites excluding steroid dienone is 2. The number of aliphatic carboxylic acids is 1. The molecule has 4 saturated carbocycles. The third-order valence-corrected chi connectivity index (χ3v) is 13.2. The Bertz CT molecular complexity index is 953. The van der Waals surface area contributed by atoms with E-state index in [0.29, 0.717) is 24.2 Å². The molecule has 0 bridgehead atoms. The zero-order valence-corrected chi connectivity index (χ0v) is 22.4. The van der Waals surface area contributed by atoms with Crippen LogP contribution in [0.5, 0.6) is 0 Å². The maximum atomic E-state index is 14.2. The molecule has 4 fully saturated rings. The monoisotopic (exact) mass is 470 g/mol. The van der Waals surface area contributed by atoms with Gasteiger partial charge in [0.25, 0.3) is 0 Å². The Labute approximate surface area is 206 Å². The van der Waals surface area contributed by atoms with E-state index in [-0.39, 0.29) is 33.9 Å². The van der Waals surface area contributed by atoms with Crippen molar-refractivity contribution in [2.24, 2.45) is 56.7 Å². The van der Waals surface area contributed by atoms with Crippen LogP contribution in [0.3, 0.4) is 0 Å². The second kappa shape index (κ2) is 7.20. The van der Waals surface area contributed by atoms with E-state index in [9.17, 15) is 19.8 Å². The van der Waals surface area contributed by atoms with Crippen molar-refractivity contribution in [2.75, 3.05) is 0 Å². The Balaban J connectivity index is 1.65. The lowest BCUT2D eigenvalue weighted by atomic mass is 9.33. The first-order valence-electron chi connectivity index (χ1n) is 13.8. The second-order valence-electron chi connectivity index (χ2n) is 14.4. The molecule has 0 spiro atoms. The van der Waals surface area contributed by atoms with Gasteiger partial charge in [0.1, 0.15) is 0 Å². The van der Waals surface area contributed by atoms with Gasteiger partial charge in [0, 0.05) is 5.92 Å². The Morgan fingerprint density at radius 2 is 1.62 bits per heavy atom. The summed E-state index contributed by atoms with van der Waals surface area (Å²) in [5.74, 6) is 0.656. The van der Waals surface area contributed by atoms with Crippen molar-refractivity contribution in [1.29, 1.82) is 0 Å². The van der Waals surface area contributed by atoms with Gasteiger partial charge in [-0.1, -0.05) is 47.1 Å². The van der Waals surface area contributed by atoms with Crippen LogP contribution in [-0.4, -0.2) is 28.1 Å². The number of ketones is 1. The fourth-order valence-electron chi connectivity index (χ4n) is 10.7. The van der Waals surface area contributed by atoms with Crippen LogP contribution >= 0.6 is 0 Å². The zero-order valence-electron chi connectivity index (χ0n) is 22.4. The van der Waals surface area contributed by atoms with Gasteiger partial charge in [-0.25, -0.2) is 0 Å². The molecular weight excluding hydrogens is 424 g/mol. The van der Waals surface area contributed by atoms with Crippen molar-refractivity contribution >= 4 is 11.8 Å². The Kier molecular flexibility index (Phi) is 5.20. The first-order chi connectivity index (χ1) is 15.7. The molecule has 11 atom stereocenters. The molecule has 0 unspecified atom stereocenters. The normalized spacial score (nSPS) is 56.9. The number of hydrogen-bond acceptors (Lipinski definition) is 3. The molecule has 0 saturated heterocycles. The van der Waals surface area contributed by atoms with E-state index in [0.717, 1.165) is 25.7 Å². The molecule has 0 heterocycles. The molecule has 190 valence electrons. The second-order valence-corrected chi connectivity index (χ2v) is 14.4. The molecule has 5 rings (SSSR count). The molecule has 0 aromatic carbocycles. The summed E-state index contributed by atoms with van der Waals surface area (Å²) in [6, 6.07) is 0. The van der Waals surface area contributed by atoms with Gasteiger partial charge in [0.15, 0.2) is 5.78 Å². The van der Waals surface area contributed by atoms with Crippen LogP contribution in [0.1, 0.15) is 99.8 Å². The van der Waals surface area contributed by atoms with Gasteiger partial charge in [-0.15, -0.1) is 0 Å². The van der Waals surface area contributed by atoms with E-state index < -0.39 is 22.9 Å². The van der Waals surface area contributed by atoms with Crippen molar-refractivity contribution < 1.29 is 19.8 Å². The van der Waals surface area contributed by atoms with Gasteiger partial charge in [-0.2, -0.15) is 0 Å². The summed E-state index contributed by atoms with van der Waals surface area (Å²) in [6.45, 7) is 16.0. The van der Waals surface area contributed by atoms with Gasteiger partial charge in [-0.05, 0) is 110 Å². The third kappa shape index (κ3) is 2.70. The highest BCUT2D eigenvalue weighted by Gasteiger charge is 2.71. The van der Waals surface area contributed by atoms with Crippen LogP contribution in [0.4, 0.5) is 0 Å². The fraction of sp³-hybridized carbons (Fsp3) is 0.867. The highest BCUT2D eigenvalue weighted by atomic mass is 16.4. The average molecular weight is 471 g/mol. The molecule has 5 aliphatic rings. The highest BCUT2D eigenvalue weighted by molar-refractivity contribution is 5.96. The van der Waals surface area contributed by atoms with E-state index >= 15 is 0 Å². The van der Waals surface area contributed by atoms with Crippen LogP contribution < -0.4 is 0 Å². The third-order valence-electron chi connectivity index (χ3n) is 13.2. The predicted molar refractivity (Wildman–Crippen MR) is 133 cm³/mol. The zero-order chi connectivity index (χ0) is 25.1. The van der Waals surface area contributed by atoms with Gasteiger partial charge in [-0.3, -0.25) is 9.59 Å². The molecule has 34 heavy (non-hydrogen) atoms. The lowest BCUT2D eigenvalue weighted by Gasteiger charge is -2.70. The summed E-state index contributed by atoms with van der Waals surface area (Å²) < 4.78 is 0. The van der Waals surface area contributed by atoms with Crippen molar-refractivity contribution in [3.8, 4) is 0 Å². The van der Waals surface area contributed by atoms with Gasteiger partial charge in [0.05, 0.1) is 11.5 Å². The molecule has 4 nitrogen and oxygen atoms in total. The average Bonchev–Trinajstić information content (AvgIpc) is 2.75. The van der Waals surface area contributed by atoms with Crippen LogP contribution in [-0.2, 0) is 9.59 Å². The number of carboxylic acids is 1. The standard InChI is InChI=1S/C30H46O4/c1-17-8-11-26(3)14-15-28(5)19(23(26)18(17)2)16-20(31)24-27(4)12-10-22(32)30(7,25(33)34)21(27)9-13-29(24,28)6/h16-18,21-24,32H,8-15H2,1-7H3,(H,33,34)/t17-,18+,21-,22+,23+,24-,26-,27-,28-,29+,30-/m1/s1. The van der Waals surface area contributed by atoms with E-state index in [1.807, 2.05) is 0 Å². The van der Waals surface area contributed by atoms with Crippen molar-refractivity contribution in [2.45, 2.75) is 106 Å². The van der Waals surface area contributed by atoms with Crippen LogP contribution in [0.25, 0.3) is 0 Å². The SMILES string of the molecule is C[C@H]1[C@H](C)CC[C@]2(C)CC[C@]3(C)C(=CC(=O)[C@@H]4[C@]5(C)CC[C@H](O)[C@](C)(C(=O)O)[C@@H]5CC[C@@]43C)[C@H]12. The van der Waals surface area contributed by atoms with Crippen molar-refractivity contribution in [1.82, 2.24) is 0 Å². The summed E-state index contributed by atoms with van der Waals surface area (Å²) >= 11 is 0. The van der Waals surface area contributed by atoms with Gasteiger partial charge < -0.3 is 10.2 Å². The maximum absolute atomic E-state index is 14.2. The maximum Gasteiger partial charge on any atom is 0.312 e. The first kappa shape index (κ1) is 24.5. The Hall–Kier alpha value is -1.16. The molecular formula is C30H46O4. The summed E-state index contributed by atoms with van der Waals surface area (Å²) in [6.07, 6.45) is 8.89. The number of rotatable bonds is 1. The van der Waals surface area contributed by atoms with E-state index in [4.69, 9.17) is 0 Å². The summed E-state index contributed by atoms with van der Waals surface area (Å²) in [5, 5.41) is 21.1. The smallest absolute Gasteiger partial charge is 0.312 e. The molecule has 0 radical (unpaired) electrons. The fourth-order valence-corrected chi connectivity index (χ4v) is 10.7. The lowest BCUT2D eigenvalue weighted by Crippen LogP contribution is -2.68. The van der Waals surface area contributed by atoms with E-state index in [1.165, 1.54) is 24.8 Å². The number of aliphatic hydroxyl groups excluding tert-OH is 1. The minimum atomic E-state index is -1.20. The lowest BCUT2D eigenvalue weighted by molar-refractivity contribution is -0.215. The number of hydrogen-bond donors (Lipinski definition) is 2. The number of carbonyl (C=O) groups excluding carboxylic acids is 1.